The molecule has 1 aromatic carbocycles. The Morgan fingerprint density at radius 2 is 1.88 bits per heavy atom. The Hall–Kier alpha value is -2.99. The second-order valence-electron chi connectivity index (χ2n) is 9.48. The number of esters is 1. The fraction of sp³-hybridized carbons (Fsp3) is 0.444. The molecule has 2 N–H and O–H groups in total. The van der Waals surface area contributed by atoms with Crippen molar-refractivity contribution in [2.24, 2.45) is 0 Å². The van der Waals surface area contributed by atoms with Crippen LogP contribution in [-0.4, -0.2) is 35.6 Å². The minimum atomic E-state index is -0.501. The summed E-state index contributed by atoms with van der Waals surface area (Å²) in [5, 5.41) is 6.29. The third-order valence-electron chi connectivity index (χ3n) is 5.52. The number of pyridine rings is 1. The number of hydrogen-bond acceptors (Lipinski definition) is 5. The molecule has 0 radical (unpaired) electrons. The van der Waals surface area contributed by atoms with Gasteiger partial charge in [-0.15, -0.1) is 0 Å². The van der Waals surface area contributed by atoms with Crippen LogP contribution >= 0.6 is 0 Å². The summed E-state index contributed by atoms with van der Waals surface area (Å²) in [7, 11) is 0. The van der Waals surface area contributed by atoms with E-state index in [9.17, 15) is 9.59 Å². The molecule has 6 nitrogen and oxygen atoms in total. The van der Waals surface area contributed by atoms with Crippen molar-refractivity contribution < 1.29 is 14.3 Å². The number of carbonyl (C=O) groups is 2. The van der Waals surface area contributed by atoms with Crippen molar-refractivity contribution in [2.75, 3.05) is 13.1 Å². The zero-order chi connectivity index (χ0) is 23.7. The maximum Gasteiger partial charge on any atom is 0.306 e. The van der Waals surface area contributed by atoms with Crippen molar-refractivity contribution in [3.63, 3.8) is 0 Å². The highest BCUT2D eigenvalue weighted by atomic mass is 16.6. The third-order valence-corrected chi connectivity index (χ3v) is 5.52. The number of aromatic nitrogens is 1. The normalized spacial score (nSPS) is 15.7. The smallest absolute Gasteiger partial charge is 0.306 e. The first kappa shape index (κ1) is 24.6. The lowest BCUT2D eigenvalue weighted by molar-refractivity contribution is -0.155. The Bertz CT molecular complexity index is 964. The Kier molecular flexibility index (Phi) is 8.78. The summed E-state index contributed by atoms with van der Waals surface area (Å²) in [6.07, 6.45) is 6.22. The van der Waals surface area contributed by atoms with Gasteiger partial charge in [0.25, 0.3) is 0 Å². The fourth-order valence-corrected chi connectivity index (χ4v) is 4.01. The van der Waals surface area contributed by atoms with Gasteiger partial charge in [-0.1, -0.05) is 42.0 Å². The standard InChI is InChI=1S/C27H35N3O3/c1-27(2,3)33-26(32)17-22-16-20(11-12-21-8-4-5-10-24(21)22)18-30-25(31)13-15-28-19-23-9-6-7-14-29-23/h4-11,14,22,28H,12-13,15-19H2,1-3H3,(H,30,31). The molecule has 0 saturated heterocycles. The molecule has 33 heavy (non-hydrogen) atoms. The Morgan fingerprint density at radius 3 is 2.64 bits per heavy atom. The van der Waals surface area contributed by atoms with Crippen molar-refractivity contribution in [3.8, 4) is 0 Å². The van der Waals surface area contributed by atoms with Gasteiger partial charge in [0.15, 0.2) is 0 Å². The van der Waals surface area contributed by atoms with E-state index in [-0.39, 0.29) is 17.8 Å². The van der Waals surface area contributed by atoms with Gasteiger partial charge in [0.2, 0.25) is 5.91 Å². The molecule has 0 saturated carbocycles. The summed E-state index contributed by atoms with van der Waals surface area (Å²) in [5.41, 5.74) is 4.02. The third kappa shape index (κ3) is 8.46. The van der Waals surface area contributed by atoms with Gasteiger partial charge in [0.05, 0.1) is 12.1 Å². The van der Waals surface area contributed by atoms with Crippen LogP contribution in [0.1, 0.15) is 62.8 Å². The van der Waals surface area contributed by atoms with Crippen LogP contribution < -0.4 is 10.6 Å². The van der Waals surface area contributed by atoms with Gasteiger partial charge in [0, 0.05) is 32.3 Å². The van der Waals surface area contributed by atoms with E-state index < -0.39 is 5.60 Å². The average Bonchev–Trinajstić information content (AvgIpc) is 2.94. The molecular weight excluding hydrogens is 414 g/mol. The first-order chi connectivity index (χ1) is 15.8. The second kappa shape index (κ2) is 11.8. The van der Waals surface area contributed by atoms with Crippen LogP contribution in [0.25, 0.3) is 0 Å². The number of carbonyl (C=O) groups excluding carboxylic acids is 2. The molecule has 3 rings (SSSR count). The molecule has 1 aromatic heterocycles. The maximum atomic E-state index is 12.5. The molecule has 1 amide bonds. The number of hydrogen-bond donors (Lipinski definition) is 2. The van der Waals surface area contributed by atoms with Crippen LogP contribution in [0.4, 0.5) is 0 Å². The maximum absolute atomic E-state index is 12.5. The Morgan fingerprint density at radius 1 is 1.09 bits per heavy atom. The molecule has 1 aliphatic rings. The predicted octanol–water partition coefficient (Wildman–Crippen LogP) is 4.07. The van der Waals surface area contributed by atoms with Gasteiger partial charge in [-0.3, -0.25) is 14.6 Å². The van der Waals surface area contributed by atoms with Gasteiger partial charge in [-0.05, 0) is 62.8 Å². The summed E-state index contributed by atoms with van der Waals surface area (Å²) >= 11 is 0. The van der Waals surface area contributed by atoms with E-state index in [0.29, 0.717) is 32.5 Å². The first-order valence-electron chi connectivity index (χ1n) is 11.6. The van der Waals surface area contributed by atoms with Crippen LogP contribution in [0.2, 0.25) is 0 Å². The summed E-state index contributed by atoms with van der Waals surface area (Å²) in [6, 6.07) is 14.1. The minimum absolute atomic E-state index is 0.00914. The number of fused-ring (bicyclic) bond motifs is 1. The van der Waals surface area contributed by atoms with Crippen molar-refractivity contribution in [1.29, 1.82) is 0 Å². The number of ether oxygens (including phenoxy) is 1. The first-order valence-corrected chi connectivity index (χ1v) is 11.6. The summed E-state index contributed by atoms with van der Waals surface area (Å²) in [5.74, 6) is -0.136. The van der Waals surface area contributed by atoms with Crippen molar-refractivity contribution in [2.45, 2.75) is 64.5 Å². The molecule has 0 spiro atoms. The summed E-state index contributed by atoms with van der Waals surface area (Å²) in [4.78, 5) is 29.2. The lowest BCUT2D eigenvalue weighted by atomic mass is 9.88. The molecule has 0 aliphatic heterocycles. The highest BCUT2D eigenvalue weighted by Gasteiger charge is 2.25. The monoisotopic (exact) mass is 449 g/mol. The largest absolute Gasteiger partial charge is 0.460 e. The highest BCUT2D eigenvalue weighted by molar-refractivity contribution is 5.76. The minimum Gasteiger partial charge on any atom is -0.460 e. The molecule has 6 heteroatoms. The van der Waals surface area contributed by atoms with Gasteiger partial charge < -0.3 is 15.4 Å². The number of nitrogens with zero attached hydrogens (tertiary/aromatic N) is 1. The molecule has 2 aromatic rings. The number of amides is 1. The number of benzene rings is 1. The summed E-state index contributed by atoms with van der Waals surface area (Å²) in [6.45, 7) is 7.39. The Balaban J connectivity index is 1.51. The van der Waals surface area contributed by atoms with Crippen LogP contribution in [0.3, 0.4) is 0 Å². The van der Waals surface area contributed by atoms with E-state index in [2.05, 4.69) is 33.8 Å². The molecule has 1 heterocycles. The van der Waals surface area contributed by atoms with Crippen LogP contribution in [-0.2, 0) is 27.3 Å². The van der Waals surface area contributed by atoms with E-state index in [1.807, 2.05) is 51.1 Å². The van der Waals surface area contributed by atoms with Crippen LogP contribution in [0, 0.1) is 0 Å². The van der Waals surface area contributed by atoms with Crippen LogP contribution in [0.5, 0.6) is 0 Å². The zero-order valence-corrected chi connectivity index (χ0v) is 19.9. The van der Waals surface area contributed by atoms with E-state index in [1.54, 1.807) is 6.20 Å². The van der Waals surface area contributed by atoms with Crippen molar-refractivity contribution >= 4 is 11.9 Å². The molecule has 1 unspecified atom stereocenters. The lowest BCUT2D eigenvalue weighted by Crippen LogP contribution is -2.29. The topological polar surface area (TPSA) is 80.3 Å². The SMILES string of the molecule is CC(C)(C)OC(=O)CC1CC(CNC(=O)CCNCc2ccccn2)=CCc2ccccc21. The molecular formula is C27H35N3O3. The van der Waals surface area contributed by atoms with Crippen molar-refractivity contribution in [3.05, 3.63) is 77.1 Å². The molecule has 176 valence electrons. The molecule has 0 bridgehead atoms. The van der Waals surface area contributed by atoms with Gasteiger partial charge >= 0.3 is 5.97 Å². The van der Waals surface area contributed by atoms with Gasteiger partial charge in [-0.2, -0.15) is 0 Å². The lowest BCUT2D eigenvalue weighted by Gasteiger charge is -2.23. The zero-order valence-electron chi connectivity index (χ0n) is 19.9. The fourth-order valence-electron chi connectivity index (χ4n) is 4.01. The molecule has 0 fully saturated rings. The van der Waals surface area contributed by atoms with E-state index >= 15 is 0 Å². The van der Waals surface area contributed by atoms with Gasteiger partial charge in [-0.25, -0.2) is 0 Å². The van der Waals surface area contributed by atoms with Crippen LogP contribution in [0.15, 0.2) is 60.3 Å². The van der Waals surface area contributed by atoms with Crippen molar-refractivity contribution in [1.82, 2.24) is 15.6 Å². The number of nitrogens with one attached hydrogen (secondary N) is 2. The molecule has 1 aliphatic carbocycles. The van der Waals surface area contributed by atoms with E-state index in [1.165, 1.54) is 11.1 Å². The second-order valence-corrected chi connectivity index (χ2v) is 9.48. The van der Waals surface area contributed by atoms with Gasteiger partial charge in [0.1, 0.15) is 5.60 Å². The number of allylic oxidation sites excluding steroid dienone is 1. The quantitative estimate of drug-likeness (QED) is 0.343. The van der Waals surface area contributed by atoms with E-state index in [0.717, 1.165) is 24.1 Å². The molecule has 1 atom stereocenters. The number of rotatable bonds is 9. The average molecular weight is 450 g/mol. The predicted molar refractivity (Wildman–Crippen MR) is 130 cm³/mol. The highest BCUT2D eigenvalue weighted by Crippen LogP contribution is 2.33. The Labute approximate surface area is 196 Å². The summed E-state index contributed by atoms with van der Waals surface area (Å²) < 4.78 is 5.58. The van der Waals surface area contributed by atoms with E-state index in [4.69, 9.17) is 4.74 Å².